The van der Waals surface area contributed by atoms with Crippen LogP contribution in [0.3, 0.4) is 0 Å². The summed E-state index contributed by atoms with van der Waals surface area (Å²) in [5.74, 6) is -0.213. The van der Waals surface area contributed by atoms with Crippen LogP contribution in [0.1, 0.15) is 11.1 Å². The number of hydrogen-bond donors (Lipinski definition) is 1. The fourth-order valence-electron chi connectivity index (χ4n) is 3.88. The highest BCUT2D eigenvalue weighted by Crippen LogP contribution is 2.30. The average Bonchev–Trinajstić information content (AvgIpc) is 3.15. The molecule has 1 N–H and O–H groups in total. The van der Waals surface area contributed by atoms with E-state index in [0.717, 1.165) is 54.9 Å². The molecule has 32 heavy (non-hydrogen) atoms. The predicted molar refractivity (Wildman–Crippen MR) is 133 cm³/mol. The van der Waals surface area contributed by atoms with Gasteiger partial charge in [0.05, 0.1) is 10.4 Å². The van der Waals surface area contributed by atoms with E-state index in [1.807, 2.05) is 36.4 Å². The zero-order chi connectivity index (χ0) is 21.9. The lowest BCUT2D eigenvalue weighted by Crippen LogP contribution is -2.43. The number of amidine groups is 1. The van der Waals surface area contributed by atoms with E-state index in [2.05, 4.69) is 56.4 Å². The SMILES string of the molecule is CN1CCN(Cc2ccc(NC3=NC(=O)/C(=C\c4ccc5ncccc5c4)S3)cc2)CC1. The van der Waals surface area contributed by atoms with E-state index in [0.29, 0.717) is 10.1 Å². The minimum absolute atomic E-state index is 0.213. The number of pyridine rings is 1. The standard InChI is InChI=1S/C25H25N5OS/c1-29-11-13-30(14-12-29)17-18-4-7-21(8-5-18)27-25-28-24(31)23(32-25)16-19-6-9-22-20(15-19)3-2-10-26-22/h2-10,15-16H,11-14,17H2,1H3,(H,27,28,31)/b23-16+. The number of fused-ring (bicyclic) bond motifs is 1. The van der Waals surface area contributed by atoms with Crippen LogP contribution in [0, 0.1) is 0 Å². The Morgan fingerprint density at radius 2 is 1.88 bits per heavy atom. The quantitative estimate of drug-likeness (QED) is 0.614. The first-order valence-corrected chi connectivity index (χ1v) is 11.6. The number of nitrogens with zero attached hydrogens (tertiary/aromatic N) is 4. The Morgan fingerprint density at radius 3 is 2.69 bits per heavy atom. The summed E-state index contributed by atoms with van der Waals surface area (Å²) in [5, 5.41) is 4.93. The average molecular weight is 444 g/mol. The normalized spacial score (nSPS) is 19.0. The molecule has 0 saturated carbocycles. The summed E-state index contributed by atoms with van der Waals surface area (Å²) in [5.41, 5.74) is 4.13. The van der Waals surface area contributed by atoms with Gasteiger partial charge in [-0.2, -0.15) is 4.99 Å². The summed E-state index contributed by atoms with van der Waals surface area (Å²) in [7, 11) is 2.17. The number of carbonyl (C=O) groups is 1. The Hall–Kier alpha value is -3.00. The lowest BCUT2D eigenvalue weighted by molar-refractivity contribution is -0.113. The number of piperazine rings is 1. The second-order valence-corrected chi connectivity index (χ2v) is 9.22. The second-order valence-electron chi connectivity index (χ2n) is 8.19. The molecule has 5 rings (SSSR count). The van der Waals surface area contributed by atoms with E-state index in [1.165, 1.54) is 17.3 Å². The van der Waals surface area contributed by atoms with Crippen molar-refractivity contribution in [2.45, 2.75) is 6.54 Å². The van der Waals surface area contributed by atoms with Gasteiger partial charge < -0.3 is 10.2 Å². The van der Waals surface area contributed by atoms with Crippen molar-refractivity contribution in [2.24, 2.45) is 4.99 Å². The Bertz CT molecular complexity index is 1200. The maximum atomic E-state index is 12.4. The van der Waals surface area contributed by atoms with Gasteiger partial charge in [-0.1, -0.05) is 24.3 Å². The smallest absolute Gasteiger partial charge is 0.286 e. The van der Waals surface area contributed by atoms with Crippen molar-refractivity contribution >= 4 is 45.5 Å². The molecule has 0 bridgehead atoms. The molecule has 2 aromatic carbocycles. The highest BCUT2D eigenvalue weighted by Gasteiger charge is 2.22. The van der Waals surface area contributed by atoms with Gasteiger partial charge in [0.1, 0.15) is 0 Å². The van der Waals surface area contributed by atoms with Crippen LogP contribution in [-0.2, 0) is 11.3 Å². The molecule has 2 aliphatic rings. The predicted octanol–water partition coefficient (Wildman–Crippen LogP) is 4.06. The molecule has 162 valence electrons. The van der Waals surface area contributed by atoms with Crippen LogP contribution in [0.2, 0.25) is 0 Å². The zero-order valence-corrected chi connectivity index (χ0v) is 18.8. The highest BCUT2D eigenvalue weighted by atomic mass is 32.2. The maximum absolute atomic E-state index is 12.4. The van der Waals surface area contributed by atoms with Gasteiger partial charge in [-0.25, -0.2) is 0 Å². The van der Waals surface area contributed by atoms with Gasteiger partial charge in [-0.3, -0.25) is 14.7 Å². The van der Waals surface area contributed by atoms with Gasteiger partial charge >= 0.3 is 0 Å². The molecule has 0 aliphatic carbocycles. The number of benzene rings is 2. The Kier molecular flexibility index (Phi) is 6.03. The first-order chi connectivity index (χ1) is 15.6. The van der Waals surface area contributed by atoms with Gasteiger partial charge in [0.25, 0.3) is 5.91 Å². The number of hydrogen-bond acceptors (Lipinski definition) is 6. The third kappa shape index (κ3) is 4.91. The highest BCUT2D eigenvalue weighted by molar-refractivity contribution is 8.18. The molecule has 6 nitrogen and oxygen atoms in total. The van der Waals surface area contributed by atoms with Gasteiger partial charge in [-0.05, 0) is 66.3 Å². The zero-order valence-electron chi connectivity index (χ0n) is 18.0. The van der Waals surface area contributed by atoms with Crippen molar-refractivity contribution < 1.29 is 4.79 Å². The second kappa shape index (κ2) is 9.24. The molecule has 1 aromatic heterocycles. The number of thioether (sulfide) groups is 1. The van der Waals surface area contributed by atoms with E-state index < -0.39 is 0 Å². The van der Waals surface area contributed by atoms with Gasteiger partial charge in [0.15, 0.2) is 5.17 Å². The minimum Gasteiger partial charge on any atom is -0.334 e. The van der Waals surface area contributed by atoms with Crippen molar-refractivity contribution in [3.8, 4) is 0 Å². The largest absolute Gasteiger partial charge is 0.334 e. The molecule has 0 radical (unpaired) electrons. The van der Waals surface area contributed by atoms with Crippen molar-refractivity contribution in [3.63, 3.8) is 0 Å². The van der Waals surface area contributed by atoms with Crippen molar-refractivity contribution in [3.05, 3.63) is 76.8 Å². The summed E-state index contributed by atoms with van der Waals surface area (Å²) in [6, 6.07) is 18.3. The molecule has 1 fully saturated rings. The Morgan fingerprint density at radius 1 is 1.06 bits per heavy atom. The topological polar surface area (TPSA) is 60.8 Å². The number of aromatic nitrogens is 1. The van der Waals surface area contributed by atoms with Crippen LogP contribution in [0.5, 0.6) is 0 Å². The third-order valence-corrected chi connectivity index (χ3v) is 6.65. The number of nitrogens with one attached hydrogen (secondary N) is 1. The van der Waals surface area contributed by atoms with Gasteiger partial charge in [0, 0.05) is 50.0 Å². The molecule has 1 saturated heterocycles. The van der Waals surface area contributed by atoms with Crippen molar-refractivity contribution in [2.75, 3.05) is 38.5 Å². The summed E-state index contributed by atoms with van der Waals surface area (Å²) < 4.78 is 0. The summed E-state index contributed by atoms with van der Waals surface area (Å²) in [6.07, 6.45) is 3.66. The van der Waals surface area contributed by atoms with Crippen LogP contribution in [-0.4, -0.2) is 59.1 Å². The number of aliphatic imine (C=N–C) groups is 1. The van der Waals surface area contributed by atoms with Crippen LogP contribution < -0.4 is 5.32 Å². The number of anilines is 1. The van der Waals surface area contributed by atoms with E-state index in [9.17, 15) is 4.79 Å². The first kappa shape index (κ1) is 20.9. The molecule has 0 atom stereocenters. The number of likely N-dealkylation sites (N-methyl/N-ethyl adjacent to an activating group) is 1. The number of rotatable bonds is 4. The molecule has 0 unspecified atom stereocenters. The molecule has 0 spiro atoms. The molecular weight excluding hydrogens is 418 g/mol. The maximum Gasteiger partial charge on any atom is 0.286 e. The van der Waals surface area contributed by atoms with E-state index in [-0.39, 0.29) is 5.91 Å². The molecule has 3 heterocycles. The van der Waals surface area contributed by atoms with Gasteiger partial charge in [-0.15, -0.1) is 0 Å². The lowest BCUT2D eigenvalue weighted by atomic mass is 10.1. The van der Waals surface area contributed by atoms with E-state index >= 15 is 0 Å². The van der Waals surface area contributed by atoms with Crippen LogP contribution in [0.4, 0.5) is 5.69 Å². The van der Waals surface area contributed by atoms with E-state index in [1.54, 1.807) is 6.20 Å². The first-order valence-electron chi connectivity index (χ1n) is 10.8. The van der Waals surface area contributed by atoms with E-state index in [4.69, 9.17) is 0 Å². The molecular formula is C25H25N5OS. The summed E-state index contributed by atoms with van der Waals surface area (Å²) in [6.45, 7) is 5.42. The number of amides is 1. The molecule has 1 amide bonds. The summed E-state index contributed by atoms with van der Waals surface area (Å²) in [4.78, 5) is 26.4. The van der Waals surface area contributed by atoms with Crippen LogP contribution in [0.25, 0.3) is 17.0 Å². The van der Waals surface area contributed by atoms with Crippen LogP contribution >= 0.6 is 11.8 Å². The van der Waals surface area contributed by atoms with Crippen molar-refractivity contribution in [1.82, 2.24) is 14.8 Å². The molecule has 2 aliphatic heterocycles. The van der Waals surface area contributed by atoms with Crippen LogP contribution in [0.15, 0.2) is 70.7 Å². The fraction of sp³-hybridized carbons (Fsp3) is 0.240. The number of carbonyl (C=O) groups excluding carboxylic acids is 1. The minimum atomic E-state index is -0.213. The molecule has 7 heteroatoms. The molecule has 3 aromatic rings. The Balaban J connectivity index is 1.21. The third-order valence-electron chi connectivity index (χ3n) is 5.75. The van der Waals surface area contributed by atoms with Gasteiger partial charge in [0.2, 0.25) is 0 Å². The summed E-state index contributed by atoms with van der Waals surface area (Å²) >= 11 is 1.37. The monoisotopic (exact) mass is 443 g/mol. The Labute approximate surface area is 192 Å². The van der Waals surface area contributed by atoms with Crippen molar-refractivity contribution in [1.29, 1.82) is 0 Å². The fourth-order valence-corrected chi connectivity index (χ4v) is 4.71. The lowest BCUT2D eigenvalue weighted by Gasteiger charge is -2.32.